The molecule has 0 aromatic heterocycles. The van der Waals surface area contributed by atoms with Crippen molar-refractivity contribution in [1.82, 2.24) is 10.2 Å². The molecular formula is C26H41N3O3S. The minimum atomic E-state index is -0.549. The van der Waals surface area contributed by atoms with Crippen LogP contribution in [0.25, 0.3) is 0 Å². The maximum Gasteiger partial charge on any atom is 0.407 e. The molecule has 0 spiro atoms. The summed E-state index contributed by atoms with van der Waals surface area (Å²) in [4.78, 5) is 28.9. The third-order valence-electron chi connectivity index (χ3n) is 6.98. The molecule has 1 atom stereocenters. The standard InChI is InChI=1S/C26H41N3O3S/c1-26(2,3)32-25(31)28-16-23(24(30)29(4)21-6-5-7-21)19-10-8-18(9-11-19)17-33-22-14-12-20(27)13-15-22/h12-15,18-19,21,23H,5-11,16-17,27H2,1-4H3,(H,28,31)/t18?,19?,23-/m0/s1. The topological polar surface area (TPSA) is 84.7 Å². The molecule has 1 aromatic rings. The number of carbonyl (C=O) groups is 2. The molecular weight excluding hydrogens is 434 g/mol. The van der Waals surface area contributed by atoms with Crippen LogP contribution in [-0.4, -0.2) is 47.9 Å². The van der Waals surface area contributed by atoms with Gasteiger partial charge in [-0.25, -0.2) is 4.79 Å². The van der Waals surface area contributed by atoms with Crippen LogP contribution in [0.5, 0.6) is 0 Å². The molecule has 0 unspecified atom stereocenters. The molecule has 0 aliphatic heterocycles. The Bertz CT molecular complexity index is 781. The normalized spacial score (nSPS) is 22.2. The van der Waals surface area contributed by atoms with Crippen molar-refractivity contribution in [2.24, 2.45) is 17.8 Å². The fourth-order valence-corrected chi connectivity index (χ4v) is 5.80. The van der Waals surface area contributed by atoms with Crippen molar-refractivity contribution < 1.29 is 14.3 Å². The number of carbonyl (C=O) groups excluding carboxylic acids is 2. The van der Waals surface area contributed by atoms with Crippen molar-refractivity contribution in [3.63, 3.8) is 0 Å². The quantitative estimate of drug-likeness (QED) is 0.393. The zero-order valence-corrected chi connectivity index (χ0v) is 21.5. The van der Waals surface area contributed by atoms with Crippen LogP contribution in [0.3, 0.4) is 0 Å². The minimum Gasteiger partial charge on any atom is -0.444 e. The van der Waals surface area contributed by atoms with Gasteiger partial charge in [-0.2, -0.15) is 0 Å². The average Bonchev–Trinajstić information content (AvgIpc) is 2.71. The molecule has 184 valence electrons. The maximum atomic E-state index is 13.4. The molecule has 2 amide bonds. The Hall–Kier alpha value is -1.89. The minimum absolute atomic E-state index is 0.176. The molecule has 2 fully saturated rings. The molecule has 2 aliphatic rings. The lowest BCUT2D eigenvalue weighted by atomic mass is 9.75. The summed E-state index contributed by atoms with van der Waals surface area (Å²) < 4.78 is 5.41. The van der Waals surface area contributed by atoms with Gasteiger partial charge in [0.2, 0.25) is 5.91 Å². The summed E-state index contributed by atoms with van der Waals surface area (Å²) in [6.45, 7) is 5.90. The first-order chi connectivity index (χ1) is 15.6. The van der Waals surface area contributed by atoms with Gasteiger partial charge in [0, 0.05) is 36.0 Å². The van der Waals surface area contributed by atoms with Gasteiger partial charge in [-0.1, -0.05) is 0 Å². The van der Waals surface area contributed by atoms with Gasteiger partial charge in [0.15, 0.2) is 0 Å². The van der Waals surface area contributed by atoms with Gasteiger partial charge >= 0.3 is 6.09 Å². The molecule has 7 heteroatoms. The summed E-state index contributed by atoms with van der Waals surface area (Å²) in [5.41, 5.74) is 6.03. The summed E-state index contributed by atoms with van der Waals surface area (Å²) in [7, 11) is 1.93. The number of rotatable bonds is 8. The number of amides is 2. The summed E-state index contributed by atoms with van der Waals surface area (Å²) in [5.74, 6) is 2.03. The molecule has 2 saturated carbocycles. The van der Waals surface area contributed by atoms with E-state index in [0.29, 0.717) is 24.4 Å². The molecule has 0 radical (unpaired) electrons. The highest BCUT2D eigenvalue weighted by Gasteiger charge is 2.37. The Kier molecular flexibility index (Phi) is 8.96. The Morgan fingerprint density at radius 1 is 1.12 bits per heavy atom. The van der Waals surface area contributed by atoms with Gasteiger partial charge < -0.3 is 20.7 Å². The molecule has 6 nitrogen and oxygen atoms in total. The van der Waals surface area contributed by atoms with Crippen molar-refractivity contribution in [3.05, 3.63) is 24.3 Å². The fourth-order valence-electron chi connectivity index (χ4n) is 4.71. The predicted molar refractivity (Wildman–Crippen MR) is 135 cm³/mol. The number of ether oxygens (including phenoxy) is 1. The molecule has 1 aromatic carbocycles. The van der Waals surface area contributed by atoms with E-state index in [1.807, 2.05) is 56.6 Å². The van der Waals surface area contributed by atoms with Crippen molar-refractivity contribution in [3.8, 4) is 0 Å². The second kappa shape index (κ2) is 11.5. The second-order valence-electron chi connectivity index (χ2n) is 10.7. The van der Waals surface area contributed by atoms with Crippen LogP contribution in [0.2, 0.25) is 0 Å². The highest BCUT2D eigenvalue weighted by molar-refractivity contribution is 7.99. The van der Waals surface area contributed by atoms with E-state index in [9.17, 15) is 9.59 Å². The van der Waals surface area contributed by atoms with Crippen LogP contribution < -0.4 is 11.1 Å². The third-order valence-corrected chi connectivity index (χ3v) is 8.22. The molecule has 33 heavy (non-hydrogen) atoms. The van der Waals surface area contributed by atoms with E-state index in [0.717, 1.165) is 50.0 Å². The number of benzene rings is 1. The van der Waals surface area contributed by atoms with Crippen molar-refractivity contribution >= 4 is 29.4 Å². The molecule has 0 bridgehead atoms. The lowest BCUT2D eigenvalue weighted by Crippen LogP contribution is -2.49. The monoisotopic (exact) mass is 475 g/mol. The van der Waals surface area contributed by atoms with Crippen molar-refractivity contribution in [2.45, 2.75) is 82.3 Å². The molecule has 3 N–H and O–H groups in total. The SMILES string of the molecule is CN(C(=O)[C@@H](CNC(=O)OC(C)(C)C)C1CCC(CSc2ccc(N)cc2)CC1)C1CCC1. The van der Waals surface area contributed by atoms with E-state index < -0.39 is 11.7 Å². The van der Waals surface area contributed by atoms with Crippen molar-refractivity contribution in [1.29, 1.82) is 0 Å². The number of nitrogens with two attached hydrogens (primary N) is 1. The Morgan fingerprint density at radius 3 is 2.30 bits per heavy atom. The highest BCUT2D eigenvalue weighted by atomic mass is 32.2. The van der Waals surface area contributed by atoms with Gasteiger partial charge in [0.25, 0.3) is 0 Å². The van der Waals surface area contributed by atoms with Gasteiger partial charge in [-0.3, -0.25) is 4.79 Å². The Labute approximate surface area is 203 Å². The largest absolute Gasteiger partial charge is 0.444 e. The average molecular weight is 476 g/mol. The molecule has 0 heterocycles. The van der Waals surface area contributed by atoms with E-state index in [4.69, 9.17) is 10.5 Å². The predicted octanol–water partition coefficient (Wildman–Crippen LogP) is 5.32. The van der Waals surface area contributed by atoms with Crippen molar-refractivity contribution in [2.75, 3.05) is 25.1 Å². The first-order valence-electron chi connectivity index (χ1n) is 12.3. The number of anilines is 1. The van der Waals surface area contributed by atoms with Gasteiger partial charge in [0.1, 0.15) is 5.60 Å². The summed E-state index contributed by atoms with van der Waals surface area (Å²) in [6.07, 6.45) is 7.22. The number of hydrogen-bond donors (Lipinski definition) is 2. The van der Waals surface area contributed by atoms with Gasteiger partial charge in [-0.15, -0.1) is 11.8 Å². The Balaban J connectivity index is 1.54. The molecule has 2 aliphatic carbocycles. The van der Waals surface area contributed by atoms with E-state index in [1.54, 1.807) is 0 Å². The van der Waals surface area contributed by atoms with Gasteiger partial charge in [0.05, 0.1) is 5.92 Å². The lowest BCUT2D eigenvalue weighted by molar-refractivity contribution is -0.140. The van der Waals surface area contributed by atoms with E-state index in [-0.39, 0.29) is 11.8 Å². The van der Waals surface area contributed by atoms with Crippen LogP contribution >= 0.6 is 11.8 Å². The number of alkyl carbamates (subject to hydrolysis) is 1. The van der Waals surface area contributed by atoms with E-state index in [2.05, 4.69) is 17.4 Å². The van der Waals surface area contributed by atoms with E-state index in [1.165, 1.54) is 11.3 Å². The Morgan fingerprint density at radius 2 is 1.76 bits per heavy atom. The molecule has 0 saturated heterocycles. The van der Waals surface area contributed by atoms with Crippen LogP contribution in [0, 0.1) is 17.8 Å². The molecule has 3 rings (SSSR count). The first kappa shape index (κ1) is 25.7. The van der Waals surface area contributed by atoms with Gasteiger partial charge in [-0.05, 0) is 102 Å². The summed E-state index contributed by atoms with van der Waals surface area (Å²) in [5, 5.41) is 2.89. The number of nitrogens with one attached hydrogen (secondary N) is 1. The first-order valence-corrected chi connectivity index (χ1v) is 13.3. The lowest BCUT2D eigenvalue weighted by Gasteiger charge is -2.40. The zero-order valence-electron chi connectivity index (χ0n) is 20.6. The smallest absolute Gasteiger partial charge is 0.407 e. The number of nitrogens with zero attached hydrogens (tertiary/aromatic N) is 1. The zero-order chi connectivity index (χ0) is 24.0. The van der Waals surface area contributed by atoms with E-state index >= 15 is 0 Å². The number of hydrogen-bond acceptors (Lipinski definition) is 5. The third kappa shape index (κ3) is 7.83. The van der Waals surface area contributed by atoms with Crippen LogP contribution in [0.4, 0.5) is 10.5 Å². The second-order valence-corrected chi connectivity index (χ2v) is 11.8. The summed E-state index contributed by atoms with van der Waals surface area (Å²) >= 11 is 1.89. The number of thioether (sulfide) groups is 1. The maximum absolute atomic E-state index is 13.4. The highest BCUT2D eigenvalue weighted by Crippen LogP contribution is 2.37. The van der Waals surface area contributed by atoms with Crippen LogP contribution in [0.1, 0.15) is 65.7 Å². The van der Waals surface area contributed by atoms with Crippen LogP contribution in [-0.2, 0) is 9.53 Å². The summed E-state index contributed by atoms with van der Waals surface area (Å²) in [6, 6.07) is 8.42. The fraction of sp³-hybridized carbons (Fsp3) is 0.692. The van der Waals surface area contributed by atoms with Crippen LogP contribution in [0.15, 0.2) is 29.2 Å². The number of nitrogen functional groups attached to an aromatic ring is 1.